The van der Waals surface area contributed by atoms with Gasteiger partial charge in [0.05, 0.1) is 0 Å². The first-order valence-corrected chi connectivity index (χ1v) is 8.57. The molecule has 1 aliphatic heterocycles. The van der Waals surface area contributed by atoms with Gasteiger partial charge in [0, 0.05) is 23.5 Å². The number of benzene rings is 2. The number of likely N-dealkylation sites (tertiary alicyclic amines) is 1. The summed E-state index contributed by atoms with van der Waals surface area (Å²) in [7, 11) is 0. The zero-order valence-corrected chi connectivity index (χ0v) is 13.9. The van der Waals surface area contributed by atoms with E-state index in [2.05, 4.69) is 24.3 Å². The number of furan rings is 1. The number of carbonyl (C=O) groups is 1. The van der Waals surface area contributed by atoms with Gasteiger partial charge in [-0.3, -0.25) is 4.79 Å². The molecule has 3 heteroatoms. The highest BCUT2D eigenvalue weighted by molar-refractivity contribution is 5.99. The molecule has 1 aromatic heterocycles. The molecule has 24 heavy (non-hydrogen) atoms. The quantitative estimate of drug-likeness (QED) is 0.707. The van der Waals surface area contributed by atoms with Crippen LogP contribution in [0, 0.1) is 6.92 Å². The number of hydrogen-bond donors (Lipinski definition) is 0. The molecule has 4 rings (SSSR count). The number of fused-ring (bicyclic) bond motifs is 1. The van der Waals surface area contributed by atoms with Crippen molar-refractivity contribution >= 4 is 16.9 Å². The number of nitrogens with zero attached hydrogens (tertiary/aromatic N) is 1. The average Bonchev–Trinajstić information content (AvgIpc) is 3.20. The maximum atomic E-state index is 13.1. The van der Waals surface area contributed by atoms with Crippen molar-refractivity contribution in [3.8, 4) is 0 Å². The average molecular weight is 319 g/mol. The highest BCUT2D eigenvalue weighted by Gasteiger charge is 2.32. The second kappa shape index (κ2) is 6.16. The maximum absolute atomic E-state index is 13.1. The fraction of sp³-hybridized carbons (Fsp3) is 0.286. The molecule has 3 aromatic rings. The molecule has 1 aliphatic rings. The maximum Gasteiger partial charge on any atom is 0.290 e. The molecule has 3 nitrogen and oxygen atoms in total. The van der Waals surface area contributed by atoms with E-state index in [-0.39, 0.29) is 11.9 Å². The lowest BCUT2D eigenvalue weighted by molar-refractivity contribution is 0.0705. The summed E-state index contributed by atoms with van der Waals surface area (Å²) in [5.74, 6) is 0.526. The second-order valence-electron chi connectivity index (χ2n) is 6.54. The van der Waals surface area contributed by atoms with Crippen LogP contribution in [0.1, 0.15) is 34.5 Å². The molecule has 0 saturated carbocycles. The molecule has 1 unspecified atom stereocenters. The Bertz CT molecular complexity index is 866. The van der Waals surface area contributed by atoms with Crippen LogP contribution in [0.15, 0.2) is 59.0 Å². The summed E-state index contributed by atoms with van der Waals surface area (Å²) in [5, 5.41) is 1.03. The van der Waals surface area contributed by atoms with Crippen LogP contribution in [0.2, 0.25) is 0 Å². The molecule has 2 heterocycles. The molecule has 0 aliphatic carbocycles. The minimum absolute atomic E-state index is 0.0298. The lowest BCUT2D eigenvalue weighted by Gasteiger charge is -2.24. The van der Waals surface area contributed by atoms with Crippen molar-refractivity contribution in [1.82, 2.24) is 4.90 Å². The Morgan fingerprint density at radius 1 is 1.12 bits per heavy atom. The first kappa shape index (κ1) is 15.0. The summed E-state index contributed by atoms with van der Waals surface area (Å²) in [6.07, 6.45) is 3.02. The van der Waals surface area contributed by atoms with Gasteiger partial charge in [-0.2, -0.15) is 0 Å². The third-order valence-corrected chi connectivity index (χ3v) is 4.99. The van der Waals surface area contributed by atoms with Gasteiger partial charge in [-0.1, -0.05) is 48.5 Å². The Kier molecular flexibility index (Phi) is 3.85. The summed E-state index contributed by atoms with van der Waals surface area (Å²) in [6, 6.07) is 18.5. The SMILES string of the molecule is Cc1c(C(=O)N2CCCC2Cc2ccccc2)oc2ccccc12. The van der Waals surface area contributed by atoms with Crippen LogP contribution in [-0.2, 0) is 6.42 Å². The van der Waals surface area contributed by atoms with Gasteiger partial charge in [0.15, 0.2) is 5.76 Å². The van der Waals surface area contributed by atoms with E-state index < -0.39 is 0 Å². The van der Waals surface area contributed by atoms with Gasteiger partial charge < -0.3 is 9.32 Å². The van der Waals surface area contributed by atoms with Gasteiger partial charge in [-0.05, 0) is 37.8 Å². The van der Waals surface area contributed by atoms with Gasteiger partial charge in [0.2, 0.25) is 0 Å². The Hall–Kier alpha value is -2.55. The van der Waals surface area contributed by atoms with E-state index in [9.17, 15) is 4.79 Å². The second-order valence-corrected chi connectivity index (χ2v) is 6.54. The summed E-state index contributed by atoms with van der Waals surface area (Å²) in [4.78, 5) is 15.1. The van der Waals surface area contributed by atoms with Crippen LogP contribution in [0.4, 0.5) is 0 Å². The molecule has 122 valence electrons. The van der Waals surface area contributed by atoms with Gasteiger partial charge in [0.25, 0.3) is 5.91 Å². The van der Waals surface area contributed by atoms with E-state index in [1.165, 1.54) is 5.56 Å². The number of aryl methyl sites for hydroxylation is 1. The Morgan fingerprint density at radius 2 is 1.88 bits per heavy atom. The van der Waals surface area contributed by atoms with E-state index in [0.29, 0.717) is 5.76 Å². The van der Waals surface area contributed by atoms with Crippen LogP contribution in [0.25, 0.3) is 11.0 Å². The fourth-order valence-electron chi connectivity index (χ4n) is 3.71. The van der Waals surface area contributed by atoms with Crippen molar-refractivity contribution < 1.29 is 9.21 Å². The fourth-order valence-corrected chi connectivity index (χ4v) is 3.71. The highest BCUT2D eigenvalue weighted by Crippen LogP contribution is 2.29. The summed E-state index contributed by atoms with van der Waals surface area (Å²) in [5.41, 5.74) is 3.02. The normalized spacial score (nSPS) is 17.5. The highest BCUT2D eigenvalue weighted by atomic mass is 16.3. The van der Waals surface area contributed by atoms with Crippen LogP contribution >= 0.6 is 0 Å². The first-order valence-electron chi connectivity index (χ1n) is 8.57. The van der Waals surface area contributed by atoms with E-state index in [1.54, 1.807) is 0 Å². The van der Waals surface area contributed by atoms with E-state index in [4.69, 9.17) is 4.42 Å². The molecular formula is C21H21NO2. The number of para-hydroxylation sites is 1. The Morgan fingerprint density at radius 3 is 2.67 bits per heavy atom. The number of amides is 1. The molecule has 2 aromatic carbocycles. The molecule has 1 atom stereocenters. The predicted octanol–water partition coefficient (Wildman–Crippen LogP) is 4.59. The van der Waals surface area contributed by atoms with Crippen LogP contribution in [-0.4, -0.2) is 23.4 Å². The predicted molar refractivity (Wildman–Crippen MR) is 95.2 cm³/mol. The molecular weight excluding hydrogens is 298 g/mol. The van der Waals surface area contributed by atoms with E-state index in [1.807, 2.05) is 42.2 Å². The molecule has 1 saturated heterocycles. The zero-order chi connectivity index (χ0) is 16.5. The number of hydrogen-bond acceptors (Lipinski definition) is 2. The number of rotatable bonds is 3. The lowest BCUT2D eigenvalue weighted by atomic mass is 10.0. The summed E-state index contributed by atoms with van der Waals surface area (Å²) < 4.78 is 5.88. The Labute approximate surface area is 141 Å². The molecule has 0 bridgehead atoms. The van der Waals surface area contributed by atoms with Crippen LogP contribution in [0.3, 0.4) is 0 Å². The van der Waals surface area contributed by atoms with Crippen LogP contribution < -0.4 is 0 Å². The van der Waals surface area contributed by atoms with Crippen molar-refractivity contribution in [1.29, 1.82) is 0 Å². The van der Waals surface area contributed by atoms with Crippen molar-refractivity contribution in [3.05, 3.63) is 71.5 Å². The number of carbonyl (C=O) groups excluding carboxylic acids is 1. The minimum atomic E-state index is 0.0298. The van der Waals surface area contributed by atoms with E-state index in [0.717, 1.165) is 42.3 Å². The van der Waals surface area contributed by atoms with Crippen molar-refractivity contribution in [2.24, 2.45) is 0 Å². The molecule has 1 amide bonds. The zero-order valence-electron chi connectivity index (χ0n) is 13.9. The van der Waals surface area contributed by atoms with Crippen molar-refractivity contribution in [2.45, 2.75) is 32.2 Å². The van der Waals surface area contributed by atoms with Gasteiger partial charge in [-0.25, -0.2) is 0 Å². The molecule has 0 radical (unpaired) electrons. The third kappa shape index (κ3) is 2.60. The van der Waals surface area contributed by atoms with Gasteiger partial charge in [0.1, 0.15) is 5.58 Å². The van der Waals surface area contributed by atoms with Crippen molar-refractivity contribution in [2.75, 3.05) is 6.54 Å². The first-order chi connectivity index (χ1) is 11.7. The van der Waals surface area contributed by atoms with Gasteiger partial charge in [-0.15, -0.1) is 0 Å². The molecule has 1 fully saturated rings. The van der Waals surface area contributed by atoms with Crippen LogP contribution in [0.5, 0.6) is 0 Å². The largest absolute Gasteiger partial charge is 0.451 e. The van der Waals surface area contributed by atoms with Crippen molar-refractivity contribution in [3.63, 3.8) is 0 Å². The molecule has 0 spiro atoms. The Balaban J connectivity index is 1.61. The lowest BCUT2D eigenvalue weighted by Crippen LogP contribution is -2.36. The smallest absolute Gasteiger partial charge is 0.290 e. The molecule has 0 N–H and O–H groups in total. The summed E-state index contributed by atoms with van der Waals surface area (Å²) >= 11 is 0. The van der Waals surface area contributed by atoms with E-state index >= 15 is 0 Å². The topological polar surface area (TPSA) is 33.5 Å². The van der Waals surface area contributed by atoms with Gasteiger partial charge >= 0.3 is 0 Å². The standard InChI is InChI=1S/C21H21NO2/c1-15-18-11-5-6-12-19(18)24-20(15)21(23)22-13-7-10-17(22)14-16-8-3-2-4-9-16/h2-6,8-9,11-12,17H,7,10,13-14H2,1H3. The third-order valence-electron chi connectivity index (χ3n) is 4.99. The minimum Gasteiger partial charge on any atom is -0.451 e. The summed E-state index contributed by atoms with van der Waals surface area (Å²) in [6.45, 7) is 2.79. The monoisotopic (exact) mass is 319 g/mol.